The highest BCUT2D eigenvalue weighted by atomic mass is 35.5. The second-order valence-electron chi connectivity index (χ2n) is 3.46. The number of rotatable bonds is 5. The number of carboxylic acid groups (broad SMARTS) is 1. The van der Waals surface area contributed by atoms with Gasteiger partial charge in [0, 0.05) is 17.2 Å². The van der Waals surface area contributed by atoms with Crippen molar-refractivity contribution in [3.63, 3.8) is 0 Å². The van der Waals surface area contributed by atoms with E-state index in [1.165, 1.54) is 24.3 Å². The smallest absolute Gasteiger partial charge is 0.311 e. The number of halogens is 1. The Hall–Kier alpha value is -1.88. The molecule has 1 rings (SSSR count). The zero-order valence-corrected chi connectivity index (χ0v) is 9.55. The molecule has 0 aromatic heterocycles. The monoisotopic (exact) mass is 255 g/mol. The molecule has 0 aliphatic heterocycles. The Morgan fingerprint density at radius 3 is 2.35 bits per heavy atom. The first-order valence-corrected chi connectivity index (χ1v) is 5.10. The van der Waals surface area contributed by atoms with Gasteiger partial charge in [-0.1, -0.05) is 30.3 Å². The Kier molecular flexibility index (Phi) is 4.23. The van der Waals surface area contributed by atoms with E-state index in [1.807, 2.05) is 0 Å². The number of hydrogen-bond donors (Lipinski definition) is 1. The van der Waals surface area contributed by atoms with Crippen LogP contribution in [-0.4, -0.2) is 16.0 Å². The van der Waals surface area contributed by atoms with Gasteiger partial charge in [-0.3, -0.25) is 14.9 Å². The molecular formula is C11H10ClNO4. The SMILES string of the molecule is C=C(Cl)CC(C(=O)O)c1ccc([N+](=O)[O-])cc1. The number of nitrogens with zero attached hydrogens (tertiary/aromatic N) is 1. The average Bonchev–Trinajstić information content (AvgIpc) is 2.25. The lowest BCUT2D eigenvalue weighted by Gasteiger charge is -2.11. The number of hydrogen-bond acceptors (Lipinski definition) is 3. The molecule has 0 saturated heterocycles. The molecule has 0 heterocycles. The van der Waals surface area contributed by atoms with Crippen LogP contribution in [0.2, 0.25) is 0 Å². The number of benzene rings is 1. The van der Waals surface area contributed by atoms with E-state index in [0.717, 1.165) is 0 Å². The van der Waals surface area contributed by atoms with Gasteiger partial charge in [0.2, 0.25) is 0 Å². The third kappa shape index (κ3) is 3.57. The largest absolute Gasteiger partial charge is 0.481 e. The van der Waals surface area contributed by atoms with Crippen LogP contribution in [0.15, 0.2) is 35.9 Å². The topological polar surface area (TPSA) is 80.4 Å². The zero-order valence-electron chi connectivity index (χ0n) is 8.80. The summed E-state index contributed by atoms with van der Waals surface area (Å²) in [5.74, 6) is -1.87. The minimum atomic E-state index is -1.04. The number of carbonyl (C=O) groups is 1. The molecule has 1 aromatic carbocycles. The quantitative estimate of drug-likeness (QED) is 0.648. The fraction of sp³-hybridized carbons (Fsp3) is 0.182. The maximum atomic E-state index is 11.0. The predicted molar refractivity (Wildman–Crippen MR) is 63.1 cm³/mol. The van der Waals surface area contributed by atoms with Crippen molar-refractivity contribution >= 4 is 23.3 Å². The van der Waals surface area contributed by atoms with E-state index in [4.69, 9.17) is 16.7 Å². The molecular weight excluding hydrogens is 246 g/mol. The summed E-state index contributed by atoms with van der Waals surface area (Å²) in [6, 6.07) is 5.36. The summed E-state index contributed by atoms with van der Waals surface area (Å²) in [7, 11) is 0. The first kappa shape index (κ1) is 13.2. The number of carboxylic acids is 1. The lowest BCUT2D eigenvalue weighted by atomic mass is 9.95. The molecule has 17 heavy (non-hydrogen) atoms. The molecule has 0 aliphatic rings. The van der Waals surface area contributed by atoms with E-state index in [2.05, 4.69) is 6.58 Å². The fourth-order valence-electron chi connectivity index (χ4n) is 1.40. The maximum absolute atomic E-state index is 11.0. The summed E-state index contributed by atoms with van der Waals surface area (Å²) in [5, 5.41) is 19.7. The molecule has 1 unspecified atom stereocenters. The number of allylic oxidation sites excluding steroid dienone is 1. The Labute approximate surface area is 102 Å². The lowest BCUT2D eigenvalue weighted by molar-refractivity contribution is -0.384. The number of non-ortho nitro benzene ring substituents is 1. The van der Waals surface area contributed by atoms with Crippen LogP contribution in [0, 0.1) is 10.1 Å². The van der Waals surface area contributed by atoms with Gasteiger partial charge in [-0.15, -0.1) is 0 Å². The molecule has 90 valence electrons. The minimum Gasteiger partial charge on any atom is -0.481 e. The van der Waals surface area contributed by atoms with Crippen LogP contribution in [0.1, 0.15) is 17.9 Å². The van der Waals surface area contributed by atoms with Gasteiger partial charge >= 0.3 is 5.97 Å². The molecule has 0 radical (unpaired) electrons. The molecule has 1 atom stereocenters. The van der Waals surface area contributed by atoms with Crippen LogP contribution in [0.25, 0.3) is 0 Å². The van der Waals surface area contributed by atoms with Crippen LogP contribution in [0.4, 0.5) is 5.69 Å². The van der Waals surface area contributed by atoms with Crippen molar-refractivity contribution in [1.29, 1.82) is 0 Å². The summed E-state index contributed by atoms with van der Waals surface area (Å²) in [5.41, 5.74) is 0.382. The lowest BCUT2D eigenvalue weighted by Crippen LogP contribution is -2.11. The summed E-state index contributed by atoms with van der Waals surface area (Å²) in [6.07, 6.45) is 0.0920. The van der Waals surface area contributed by atoms with Gasteiger partial charge in [0.15, 0.2) is 0 Å². The normalized spacial score (nSPS) is 11.8. The summed E-state index contributed by atoms with van der Waals surface area (Å²) >= 11 is 5.58. The Balaban J connectivity index is 2.99. The van der Waals surface area contributed by atoms with Gasteiger partial charge < -0.3 is 5.11 Å². The van der Waals surface area contributed by atoms with Crippen molar-refractivity contribution in [1.82, 2.24) is 0 Å². The minimum absolute atomic E-state index is 0.0809. The zero-order chi connectivity index (χ0) is 13.0. The highest BCUT2D eigenvalue weighted by Gasteiger charge is 2.21. The van der Waals surface area contributed by atoms with Crippen molar-refractivity contribution in [2.24, 2.45) is 0 Å². The van der Waals surface area contributed by atoms with E-state index in [9.17, 15) is 14.9 Å². The van der Waals surface area contributed by atoms with Crippen LogP contribution in [0.5, 0.6) is 0 Å². The summed E-state index contributed by atoms with van der Waals surface area (Å²) in [4.78, 5) is 20.9. The van der Waals surface area contributed by atoms with E-state index >= 15 is 0 Å². The third-order valence-electron chi connectivity index (χ3n) is 2.23. The van der Waals surface area contributed by atoms with E-state index in [0.29, 0.717) is 5.56 Å². The first-order valence-electron chi connectivity index (χ1n) is 4.72. The average molecular weight is 256 g/mol. The second kappa shape index (κ2) is 5.45. The summed E-state index contributed by atoms with van der Waals surface area (Å²) in [6.45, 7) is 3.44. The van der Waals surface area contributed by atoms with Crippen LogP contribution < -0.4 is 0 Å². The molecule has 0 fully saturated rings. The molecule has 0 spiro atoms. The van der Waals surface area contributed by atoms with Gasteiger partial charge in [0.1, 0.15) is 0 Å². The molecule has 0 amide bonds. The van der Waals surface area contributed by atoms with Gasteiger partial charge in [-0.25, -0.2) is 0 Å². The second-order valence-corrected chi connectivity index (χ2v) is 4.00. The van der Waals surface area contributed by atoms with Crippen molar-refractivity contribution in [2.45, 2.75) is 12.3 Å². The van der Waals surface area contributed by atoms with E-state index in [-0.39, 0.29) is 17.1 Å². The van der Waals surface area contributed by atoms with Gasteiger partial charge in [-0.2, -0.15) is 0 Å². The fourth-order valence-corrected chi connectivity index (χ4v) is 1.55. The van der Waals surface area contributed by atoms with Crippen LogP contribution >= 0.6 is 11.6 Å². The van der Waals surface area contributed by atoms with E-state index < -0.39 is 16.8 Å². The molecule has 0 aliphatic carbocycles. The van der Waals surface area contributed by atoms with Crippen molar-refractivity contribution < 1.29 is 14.8 Å². The highest BCUT2D eigenvalue weighted by Crippen LogP contribution is 2.26. The third-order valence-corrected chi connectivity index (χ3v) is 2.38. The van der Waals surface area contributed by atoms with Crippen molar-refractivity contribution in [3.05, 3.63) is 51.6 Å². The predicted octanol–water partition coefficient (Wildman–Crippen LogP) is 2.91. The van der Waals surface area contributed by atoms with Crippen molar-refractivity contribution in [3.8, 4) is 0 Å². The van der Waals surface area contributed by atoms with Gasteiger partial charge in [0.25, 0.3) is 5.69 Å². The number of nitro groups is 1. The standard InChI is InChI=1S/C11H10ClNO4/c1-7(12)6-10(11(14)15)8-2-4-9(5-3-8)13(16)17/h2-5,10H,1,6H2,(H,14,15). The molecule has 1 N–H and O–H groups in total. The Morgan fingerprint density at radius 2 is 2.00 bits per heavy atom. The van der Waals surface area contributed by atoms with E-state index in [1.54, 1.807) is 0 Å². The Morgan fingerprint density at radius 1 is 1.47 bits per heavy atom. The molecule has 0 bridgehead atoms. The van der Waals surface area contributed by atoms with Crippen LogP contribution in [-0.2, 0) is 4.79 Å². The molecule has 6 heteroatoms. The molecule has 5 nitrogen and oxygen atoms in total. The summed E-state index contributed by atoms with van der Waals surface area (Å²) < 4.78 is 0. The molecule has 0 saturated carbocycles. The van der Waals surface area contributed by atoms with Crippen molar-refractivity contribution in [2.75, 3.05) is 0 Å². The maximum Gasteiger partial charge on any atom is 0.311 e. The van der Waals surface area contributed by atoms with Crippen LogP contribution in [0.3, 0.4) is 0 Å². The van der Waals surface area contributed by atoms with Gasteiger partial charge in [-0.05, 0) is 12.0 Å². The number of aliphatic carboxylic acids is 1. The van der Waals surface area contributed by atoms with Gasteiger partial charge in [0.05, 0.1) is 10.8 Å². The molecule has 1 aromatic rings. The number of nitro benzene ring substituents is 1. The Bertz CT molecular complexity index is 455. The highest BCUT2D eigenvalue weighted by molar-refractivity contribution is 6.29. The first-order chi connectivity index (χ1) is 7.91.